The molecule has 29 heavy (non-hydrogen) atoms. The van der Waals surface area contributed by atoms with Gasteiger partial charge < -0.3 is 18.9 Å². The summed E-state index contributed by atoms with van der Waals surface area (Å²) in [6.07, 6.45) is 0.200. The van der Waals surface area contributed by atoms with Crippen molar-refractivity contribution in [1.29, 1.82) is 0 Å². The van der Waals surface area contributed by atoms with Crippen LogP contribution in [0.1, 0.15) is 12.0 Å². The summed E-state index contributed by atoms with van der Waals surface area (Å²) in [5.74, 6) is -0.296. The summed E-state index contributed by atoms with van der Waals surface area (Å²) in [6, 6.07) is 9.51. The van der Waals surface area contributed by atoms with Crippen LogP contribution in [0.3, 0.4) is 0 Å². The van der Waals surface area contributed by atoms with Gasteiger partial charge in [-0.3, -0.25) is 13.5 Å². The lowest BCUT2D eigenvalue weighted by molar-refractivity contribution is -0.146. The molecule has 0 bridgehead atoms. The highest BCUT2D eigenvalue weighted by molar-refractivity contribution is 7.11. The van der Waals surface area contributed by atoms with Gasteiger partial charge in [0.2, 0.25) is 0 Å². The Morgan fingerprint density at radius 3 is 2.17 bits per heavy atom. The zero-order valence-corrected chi connectivity index (χ0v) is 18.1. The first-order valence-electron chi connectivity index (χ1n) is 9.06. The minimum absolute atomic E-state index is 0.0458. The number of halogens is 2. The van der Waals surface area contributed by atoms with Gasteiger partial charge in [-0.15, -0.1) is 0 Å². The van der Waals surface area contributed by atoms with Crippen LogP contribution in [0.2, 0.25) is 9.36 Å². The summed E-state index contributed by atoms with van der Waals surface area (Å²) in [5, 5.41) is 0.0458. The van der Waals surface area contributed by atoms with Crippen LogP contribution >= 0.6 is 34.7 Å². The Labute approximate surface area is 183 Å². The zero-order chi connectivity index (χ0) is 20.9. The molecule has 0 aliphatic heterocycles. The Balaban J connectivity index is 1.38. The fraction of sp³-hybridized carbons (Fsp3) is 0.474. The fourth-order valence-corrected chi connectivity index (χ4v) is 3.46. The van der Waals surface area contributed by atoms with Crippen molar-refractivity contribution >= 4 is 40.7 Å². The second kappa shape index (κ2) is 13.7. The topological polar surface area (TPSA) is 76.0 Å². The third kappa shape index (κ3) is 9.29. The molecule has 0 saturated carbocycles. The summed E-state index contributed by atoms with van der Waals surface area (Å²) in [7, 11) is 0. The molecule has 0 amide bonds. The van der Waals surface area contributed by atoms with Crippen LogP contribution in [0.5, 0.6) is 0 Å². The van der Waals surface area contributed by atoms with E-state index >= 15 is 0 Å². The second-order valence-electron chi connectivity index (χ2n) is 5.82. The molecule has 0 spiro atoms. The molecule has 0 radical (unpaired) electrons. The summed E-state index contributed by atoms with van der Waals surface area (Å²) >= 11 is 12.6. The number of hydrogen-bond donors (Lipinski definition) is 0. The molecule has 0 saturated heterocycles. The molecule has 0 aliphatic carbocycles. The van der Waals surface area contributed by atoms with Crippen LogP contribution in [0.4, 0.5) is 0 Å². The summed E-state index contributed by atoms with van der Waals surface area (Å²) in [4.78, 5) is 23.3. The van der Waals surface area contributed by atoms with Crippen LogP contribution in [0.15, 0.2) is 35.1 Å². The number of hydrogen-bond acceptors (Lipinski definition) is 7. The van der Waals surface area contributed by atoms with Crippen LogP contribution in [-0.2, 0) is 36.9 Å². The standard InChI is InChI=1S/C19H23Cl2NO6S/c20-17-18(21)29-22(19(17)24)7-9-26-11-13-27-12-10-25-8-6-16(23)28-14-15-4-2-1-3-5-15/h1-5H,6-14H2. The van der Waals surface area contributed by atoms with E-state index in [0.29, 0.717) is 39.6 Å². The fourth-order valence-electron chi connectivity index (χ4n) is 2.17. The third-order valence-corrected chi connectivity index (χ3v) is 5.54. The van der Waals surface area contributed by atoms with E-state index in [9.17, 15) is 9.59 Å². The van der Waals surface area contributed by atoms with E-state index in [2.05, 4.69) is 0 Å². The molecule has 0 atom stereocenters. The zero-order valence-electron chi connectivity index (χ0n) is 15.8. The Bertz CT molecular complexity index is 796. The monoisotopic (exact) mass is 463 g/mol. The highest BCUT2D eigenvalue weighted by Crippen LogP contribution is 2.22. The van der Waals surface area contributed by atoms with Gasteiger partial charge in [-0.1, -0.05) is 53.5 Å². The summed E-state index contributed by atoms with van der Waals surface area (Å²) < 4.78 is 23.0. The first-order valence-corrected chi connectivity index (χ1v) is 10.6. The molecular formula is C19H23Cl2NO6S. The molecule has 2 rings (SSSR count). The van der Waals surface area contributed by atoms with Gasteiger partial charge in [-0.25, -0.2) is 0 Å². The van der Waals surface area contributed by atoms with Gasteiger partial charge in [0.25, 0.3) is 5.56 Å². The van der Waals surface area contributed by atoms with E-state index in [1.807, 2.05) is 30.3 Å². The first kappa shape index (κ1) is 23.9. The van der Waals surface area contributed by atoms with Crippen LogP contribution in [-0.4, -0.2) is 49.6 Å². The number of carbonyl (C=O) groups is 1. The molecule has 2 aromatic rings. The number of ether oxygens (including phenoxy) is 4. The SMILES string of the molecule is O=C(CCOCCOCCOCCn1sc(Cl)c(Cl)c1=O)OCc1ccccc1. The maximum absolute atomic E-state index is 11.7. The molecule has 0 unspecified atom stereocenters. The van der Waals surface area contributed by atoms with Gasteiger partial charge in [-0.05, 0) is 17.1 Å². The molecule has 7 nitrogen and oxygen atoms in total. The molecule has 1 aromatic carbocycles. The van der Waals surface area contributed by atoms with Gasteiger partial charge in [0.1, 0.15) is 16.0 Å². The van der Waals surface area contributed by atoms with Crippen LogP contribution < -0.4 is 5.56 Å². The van der Waals surface area contributed by atoms with Crippen molar-refractivity contribution in [2.45, 2.75) is 19.6 Å². The molecule has 0 fully saturated rings. The van der Waals surface area contributed by atoms with Gasteiger partial charge in [0, 0.05) is 0 Å². The lowest BCUT2D eigenvalue weighted by Gasteiger charge is -2.07. The van der Waals surface area contributed by atoms with Crippen LogP contribution in [0.25, 0.3) is 0 Å². The van der Waals surface area contributed by atoms with Gasteiger partial charge in [-0.2, -0.15) is 0 Å². The van der Waals surface area contributed by atoms with Crippen molar-refractivity contribution in [3.63, 3.8) is 0 Å². The predicted molar refractivity (Wildman–Crippen MR) is 112 cm³/mol. The normalized spacial score (nSPS) is 11.0. The molecule has 1 aromatic heterocycles. The van der Waals surface area contributed by atoms with E-state index < -0.39 is 0 Å². The third-order valence-electron chi connectivity index (χ3n) is 3.65. The van der Waals surface area contributed by atoms with Crippen molar-refractivity contribution in [2.75, 3.05) is 39.6 Å². The van der Waals surface area contributed by atoms with E-state index in [1.165, 1.54) is 3.96 Å². The van der Waals surface area contributed by atoms with Crippen molar-refractivity contribution in [2.24, 2.45) is 0 Å². The maximum Gasteiger partial charge on any atom is 0.308 e. The Hall–Kier alpha value is -1.42. The predicted octanol–water partition coefficient (Wildman–Crippen LogP) is 3.40. The minimum Gasteiger partial charge on any atom is -0.461 e. The van der Waals surface area contributed by atoms with E-state index in [4.69, 9.17) is 42.1 Å². The highest BCUT2D eigenvalue weighted by Gasteiger charge is 2.10. The second-order valence-corrected chi connectivity index (χ2v) is 7.83. The lowest BCUT2D eigenvalue weighted by atomic mass is 10.2. The van der Waals surface area contributed by atoms with Crippen molar-refractivity contribution in [1.82, 2.24) is 3.96 Å². The smallest absolute Gasteiger partial charge is 0.308 e. The average Bonchev–Trinajstić information content (AvgIpc) is 2.98. The molecule has 1 heterocycles. The van der Waals surface area contributed by atoms with Gasteiger partial charge in [0.05, 0.1) is 52.6 Å². The Morgan fingerprint density at radius 1 is 0.931 bits per heavy atom. The number of aromatic nitrogens is 1. The molecule has 160 valence electrons. The minimum atomic E-state index is -0.303. The number of benzene rings is 1. The van der Waals surface area contributed by atoms with Crippen molar-refractivity contribution < 1.29 is 23.7 Å². The van der Waals surface area contributed by atoms with Gasteiger partial charge >= 0.3 is 5.97 Å². The number of nitrogens with zero attached hydrogens (tertiary/aromatic N) is 1. The van der Waals surface area contributed by atoms with Crippen molar-refractivity contribution in [3.8, 4) is 0 Å². The van der Waals surface area contributed by atoms with E-state index in [-0.39, 0.29) is 40.5 Å². The molecular weight excluding hydrogens is 441 g/mol. The largest absolute Gasteiger partial charge is 0.461 e. The maximum atomic E-state index is 11.7. The number of esters is 1. The first-order chi connectivity index (χ1) is 14.1. The van der Waals surface area contributed by atoms with E-state index in [1.54, 1.807) is 0 Å². The number of rotatable bonds is 14. The lowest BCUT2D eigenvalue weighted by Crippen LogP contribution is -2.18. The Kier molecular flexibility index (Phi) is 11.3. The summed E-state index contributed by atoms with van der Waals surface area (Å²) in [6.45, 7) is 2.89. The molecule has 0 N–H and O–H groups in total. The van der Waals surface area contributed by atoms with Gasteiger partial charge in [0.15, 0.2) is 0 Å². The Morgan fingerprint density at radius 2 is 1.55 bits per heavy atom. The quantitative estimate of drug-likeness (QED) is 0.315. The molecule has 10 heteroatoms. The highest BCUT2D eigenvalue weighted by atomic mass is 35.5. The van der Waals surface area contributed by atoms with E-state index in [0.717, 1.165) is 17.1 Å². The summed E-state index contributed by atoms with van der Waals surface area (Å²) in [5.41, 5.74) is 0.648. The average molecular weight is 464 g/mol. The molecule has 0 aliphatic rings. The van der Waals surface area contributed by atoms with Crippen LogP contribution in [0, 0.1) is 0 Å². The van der Waals surface area contributed by atoms with Crippen molar-refractivity contribution in [3.05, 3.63) is 55.6 Å². The number of carbonyl (C=O) groups excluding carboxylic acids is 1.